The fourth-order valence-corrected chi connectivity index (χ4v) is 2.06. The predicted molar refractivity (Wildman–Crippen MR) is 80.8 cm³/mol. The molecule has 1 aromatic carbocycles. The van der Waals surface area contributed by atoms with Gasteiger partial charge >= 0.3 is 0 Å². The van der Waals surface area contributed by atoms with Gasteiger partial charge in [0.1, 0.15) is 6.54 Å². The van der Waals surface area contributed by atoms with Crippen molar-refractivity contribution in [2.75, 3.05) is 6.54 Å². The quantitative estimate of drug-likeness (QED) is 0.838. The number of carbonyl (C=O) groups excluding carboxylic acids is 1. The first-order valence-corrected chi connectivity index (χ1v) is 6.95. The maximum Gasteiger partial charge on any atom is 0.253 e. The highest BCUT2D eigenvalue weighted by atomic mass is 16.2. The van der Waals surface area contributed by atoms with Crippen LogP contribution in [0.1, 0.15) is 18.2 Å². The monoisotopic (exact) mass is 285 g/mol. The van der Waals surface area contributed by atoms with Crippen molar-refractivity contribution in [2.24, 2.45) is 0 Å². The van der Waals surface area contributed by atoms with Crippen LogP contribution >= 0.6 is 0 Å². The molecule has 0 radical (unpaired) electrons. The van der Waals surface area contributed by atoms with Crippen LogP contribution in [0.15, 0.2) is 47.5 Å². The fraction of sp³-hybridized carbons (Fsp3) is 0.312. The van der Waals surface area contributed by atoms with Crippen LogP contribution in [0.2, 0.25) is 0 Å². The third kappa shape index (κ3) is 4.02. The Morgan fingerprint density at radius 3 is 2.62 bits per heavy atom. The molecule has 0 aliphatic rings. The maximum absolute atomic E-state index is 12.3. The summed E-state index contributed by atoms with van der Waals surface area (Å²) in [6.07, 6.45) is 1.42. The second-order valence-electron chi connectivity index (χ2n) is 4.89. The molecule has 110 valence electrons. The van der Waals surface area contributed by atoms with Crippen molar-refractivity contribution in [3.05, 3.63) is 64.3 Å². The third-order valence-corrected chi connectivity index (χ3v) is 3.27. The summed E-state index contributed by atoms with van der Waals surface area (Å²) in [6, 6.07) is 11.2. The lowest BCUT2D eigenvalue weighted by atomic mass is 10.2. The number of aryl methyl sites for hydroxylation is 1. The van der Waals surface area contributed by atoms with E-state index in [0.717, 1.165) is 5.56 Å². The number of aromatic nitrogens is 2. The molecule has 5 heteroatoms. The molecule has 1 heterocycles. The van der Waals surface area contributed by atoms with Gasteiger partial charge in [0.15, 0.2) is 0 Å². The fourth-order valence-electron chi connectivity index (χ4n) is 2.06. The van der Waals surface area contributed by atoms with Gasteiger partial charge in [-0.15, -0.1) is 0 Å². The van der Waals surface area contributed by atoms with Gasteiger partial charge in [-0.2, -0.15) is 0 Å². The first-order chi connectivity index (χ1) is 10.1. The summed E-state index contributed by atoms with van der Waals surface area (Å²) in [5.74, 6) is -0.0888. The van der Waals surface area contributed by atoms with Crippen molar-refractivity contribution in [1.82, 2.24) is 14.5 Å². The molecule has 0 saturated carbocycles. The molecule has 0 fully saturated rings. The minimum absolute atomic E-state index is 0.0206. The van der Waals surface area contributed by atoms with Gasteiger partial charge in [-0.25, -0.2) is 4.98 Å². The van der Waals surface area contributed by atoms with E-state index in [1.54, 1.807) is 11.8 Å². The molecule has 0 saturated heterocycles. The van der Waals surface area contributed by atoms with E-state index < -0.39 is 0 Å². The van der Waals surface area contributed by atoms with Crippen LogP contribution in [0.4, 0.5) is 0 Å². The van der Waals surface area contributed by atoms with Crippen LogP contribution in [0.5, 0.6) is 0 Å². The highest BCUT2D eigenvalue weighted by Crippen LogP contribution is 2.05. The van der Waals surface area contributed by atoms with Crippen LogP contribution in [0, 0.1) is 6.92 Å². The van der Waals surface area contributed by atoms with Crippen LogP contribution in [0.25, 0.3) is 0 Å². The number of nitrogens with zero attached hydrogens (tertiary/aromatic N) is 3. The lowest BCUT2D eigenvalue weighted by Crippen LogP contribution is -2.36. The van der Waals surface area contributed by atoms with Crippen LogP contribution in [-0.4, -0.2) is 26.9 Å². The average molecular weight is 285 g/mol. The second-order valence-corrected chi connectivity index (χ2v) is 4.89. The number of carbonyl (C=O) groups is 1. The Balaban J connectivity index is 2.08. The minimum Gasteiger partial charge on any atom is -0.337 e. The van der Waals surface area contributed by atoms with Crippen LogP contribution in [0.3, 0.4) is 0 Å². The zero-order valence-electron chi connectivity index (χ0n) is 12.3. The number of benzene rings is 1. The van der Waals surface area contributed by atoms with Crippen molar-refractivity contribution >= 4 is 5.91 Å². The number of amides is 1. The summed E-state index contributed by atoms with van der Waals surface area (Å²) in [6.45, 7) is 4.84. The van der Waals surface area contributed by atoms with E-state index in [-0.39, 0.29) is 18.0 Å². The molecule has 0 atom stereocenters. The van der Waals surface area contributed by atoms with Crippen LogP contribution < -0.4 is 5.56 Å². The largest absolute Gasteiger partial charge is 0.337 e. The summed E-state index contributed by atoms with van der Waals surface area (Å²) in [7, 11) is 0. The average Bonchev–Trinajstić information content (AvgIpc) is 2.48. The van der Waals surface area contributed by atoms with Gasteiger partial charge in [-0.3, -0.25) is 14.2 Å². The molecule has 0 bridgehead atoms. The second kappa shape index (κ2) is 6.83. The number of likely N-dealkylation sites (N-methyl/N-ethyl adjacent to an activating group) is 1. The Kier molecular flexibility index (Phi) is 4.87. The van der Waals surface area contributed by atoms with Gasteiger partial charge in [-0.1, -0.05) is 30.3 Å². The summed E-state index contributed by atoms with van der Waals surface area (Å²) in [5, 5.41) is 0. The Morgan fingerprint density at radius 2 is 2.00 bits per heavy atom. The third-order valence-electron chi connectivity index (χ3n) is 3.27. The summed E-state index contributed by atoms with van der Waals surface area (Å²) in [4.78, 5) is 29.9. The first-order valence-electron chi connectivity index (χ1n) is 6.95. The predicted octanol–water partition coefficient (Wildman–Crippen LogP) is 1.60. The van der Waals surface area contributed by atoms with E-state index in [2.05, 4.69) is 4.98 Å². The Morgan fingerprint density at radius 1 is 1.29 bits per heavy atom. The molecule has 0 aliphatic carbocycles. The standard InChI is InChI=1S/C16H19N3O2/c1-3-18(10-14-7-5-4-6-8-14)16(21)11-19-12-17-13(2)9-15(19)20/h4-9,12H,3,10-11H2,1-2H3. The van der Waals surface area contributed by atoms with Gasteiger partial charge in [0.25, 0.3) is 5.56 Å². The summed E-state index contributed by atoms with van der Waals surface area (Å²) >= 11 is 0. The lowest BCUT2D eigenvalue weighted by Gasteiger charge is -2.21. The molecule has 0 unspecified atom stereocenters. The van der Waals surface area contributed by atoms with Crippen molar-refractivity contribution < 1.29 is 4.79 Å². The summed E-state index contributed by atoms with van der Waals surface area (Å²) in [5.41, 5.74) is 1.52. The highest BCUT2D eigenvalue weighted by Gasteiger charge is 2.13. The van der Waals surface area contributed by atoms with E-state index >= 15 is 0 Å². The van der Waals surface area contributed by atoms with Crippen molar-refractivity contribution in [1.29, 1.82) is 0 Å². The van der Waals surface area contributed by atoms with E-state index in [1.807, 2.05) is 37.3 Å². The molecule has 0 spiro atoms. The minimum atomic E-state index is -0.202. The molecule has 21 heavy (non-hydrogen) atoms. The zero-order chi connectivity index (χ0) is 15.2. The van der Waals surface area contributed by atoms with Crippen molar-refractivity contribution in [2.45, 2.75) is 26.9 Å². The van der Waals surface area contributed by atoms with Crippen molar-refractivity contribution in [3.63, 3.8) is 0 Å². The SMILES string of the molecule is CCN(Cc1ccccc1)C(=O)Cn1cnc(C)cc1=O. The molecule has 2 rings (SSSR count). The van der Waals surface area contributed by atoms with E-state index in [1.165, 1.54) is 17.0 Å². The molecule has 0 N–H and O–H groups in total. The van der Waals surface area contributed by atoms with E-state index in [0.29, 0.717) is 18.8 Å². The zero-order valence-corrected chi connectivity index (χ0v) is 12.3. The first kappa shape index (κ1) is 15.0. The number of rotatable bonds is 5. The van der Waals surface area contributed by atoms with Crippen LogP contribution in [-0.2, 0) is 17.9 Å². The van der Waals surface area contributed by atoms with E-state index in [4.69, 9.17) is 0 Å². The summed E-state index contributed by atoms with van der Waals surface area (Å²) < 4.78 is 1.34. The Bertz CT molecular complexity index is 665. The van der Waals surface area contributed by atoms with E-state index in [9.17, 15) is 9.59 Å². The van der Waals surface area contributed by atoms with Gasteiger partial charge in [-0.05, 0) is 19.4 Å². The van der Waals surface area contributed by atoms with Gasteiger partial charge in [0.05, 0.1) is 6.33 Å². The normalized spacial score (nSPS) is 10.4. The number of hydrogen-bond acceptors (Lipinski definition) is 3. The van der Waals surface area contributed by atoms with Gasteiger partial charge < -0.3 is 4.90 Å². The Hall–Kier alpha value is -2.43. The molecule has 1 amide bonds. The van der Waals surface area contributed by atoms with Gasteiger partial charge in [0.2, 0.25) is 5.91 Å². The molecule has 0 aliphatic heterocycles. The highest BCUT2D eigenvalue weighted by molar-refractivity contribution is 5.75. The smallest absolute Gasteiger partial charge is 0.253 e. The maximum atomic E-state index is 12.3. The molecule has 1 aromatic heterocycles. The topological polar surface area (TPSA) is 55.2 Å². The molecule has 5 nitrogen and oxygen atoms in total. The number of hydrogen-bond donors (Lipinski definition) is 0. The lowest BCUT2D eigenvalue weighted by molar-refractivity contribution is -0.132. The molecule has 2 aromatic rings. The van der Waals surface area contributed by atoms with Crippen molar-refractivity contribution in [3.8, 4) is 0 Å². The Labute approximate surface area is 123 Å². The molecular weight excluding hydrogens is 266 g/mol. The molecular formula is C16H19N3O2. The van der Waals surface area contributed by atoms with Gasteiger partial charge in [0, 0.05) is 24.8 Å².